The van der Waals surface area contributed by atoms with E-state index in [-0.39, 0.29) is 42.6 Å². The zero-order valence-corrected chi connectivity index (χ0v) is 28.9. The molecule has 0 radical (unpaired) electrons. The Morgan fingerprint density at radius 2 is 1.72 bits per heavy atom. The molecule has 1 fully saturated rings. The van der Waals surface area contributed by atoms with Crippen LogP contribution in [0.25, 0.3) is 22.0 Å². The highest BCUT2D eigenvalue weighted by atomic mass is 32.2. The number of piperidine rings is 1. The molecule has 0 N–H and O–H groups in total. The number of methoxy groups -OCH3 is 1. The van der Waals surface area contributed by atoms with Crippen LogP contribution >= 0.6 is 11.8 Å². The lowest BCUT2D eigenvalue weighted by Gasteiger charge is -2.39. The number of benzene rings is 4. The molecule has 4 aromatic carbocycles. The van der Waals surface area contributed by atoms with Crippen molar-refractivity contribution < 1.29 is 49.3 Å². The highest BCUT2D eigenvalue weighted by Gasteiger charge is 2.31. The molecule has 1 saturated heterocycles. The first-order valence-electron chi connectivity index (χ1n) is 22.7. The van der Waals surface area contributed by atoms with Gasteiger partial charge < -0.3 is 19.1 Å². The van der Waals surface area contributed by atoms with Crippen molar-refractivity contribution in [3.8, 4) is 11.1 Å². The Bertz CT molecular complexity index is 2710. The second-order valence-electron chi connectivity index (χ2n) is 12.1. The largest absolute Gasteiger partial charge is 0.416 e. The number of carbonyl (C=O) groups excluding carboxylic acids is 1. The summed E-state index contributed by atoms with van der Waals surface area (Å²) in [5.41, 5.74) is -2.99. The Morgan fingerprint density at radius 3 is 2.40 bits per heavy atom. The number of rotatable bonds is 12. The summed E-state index contributed by atoms with van der Waals surface area (Å²) >= 11 is 0.412. The Hall–Kier alpha value is -4.52. The first kappa shape index (κ1) is 24.7. The molecule has 12 heteroatoms. The molecule has 53 heavy (non-hydrogen) atoms. The molecule has 278 valence electrons. The molecule has 6 rings (SSSR count). The predicted molar refractivity (Wildman–Crippen MR) is 198 cm³/mol. The number of nitrogens with zero attached hydrogens (tertiary/aromatic N) is 3. The van der Waals surface area contributed by atoms with Crippen LogP contribution in [0.4, 0.5) is 22.0 Å². The molecule has 1 aliphatic heterocycles. The molecule has 0 saturated carbocycles. The topological polar surface area (TPSA) is 54.8 Å². The van der Waals surface area contributed by atoms with Gasteiger partial charge in [0.05, 0.1) is 40.5 Å². The summed E-state index contributed by atoms with van der Waals surface area (Å²) < 4.78 is 186. The third-order valence-corrected chi connectivity index (χ3v) is 9.59. The van der Waals surface area contributed by atoms with Crippen molar-refractivity contribution in [1.29, 1.82) is 0 Å². The van der Waals surface area contributed by atoms with Crippen molar-refractivity contribution in [3.63, 3.8) is 0 Å². The highest BCUT2D eigenvalue weighted by Crippen LogP contribution is 2.32. The molecule has 0 aliphatic carbocycles. The normalized spacial score (nSPS) is 18.8. The van der Waals surface area contributed by atoms with Crippen LogP contribution in [0.1, 0.15) is 52.9 Å². The molecular weight excluding hydrogens is 710 g/mol. The molecule has 0 unspecified atom stereocenters. The fourth-order valence-corrected chi connectivity index (χ4v) is 6.75. The number of aromatic nitrogens is 1. The van der Waals surface area contributed by atoms with E-state index in [1.165, 1.54) is 60.4 Å². The number of pyridine rings is 1. The van der Waals surface area contributed by atoms with Crippen molar-refractivity contribution >= 4 is 28.6 Å². The van der Waals surface area contributed by atoms with Gasteiger partial charge in [0.2, 0.25) is 5.91 Å². The minimum Gasteiger partial charge on any atom is -0.383 e. The number of likely N-dealkylation sites (tertiary alicyclic amines) is 1. The van der Waals surface area contributed by atoms with E-state index >= 15 is 4.79 Å². The lowest BCUT2D eigenvalue weighted by Crippen LogP contribution is -2.48. The maximum atomic E-state index is 15.3. The summed E-state index contributed by atoms with van der Waals surface area (Å²) in [7, 11) is -3.10. The second kappa shape index (κ2) is 16.7. The SMILES string of the molecule is [2H]c1c(C)c([2H])c2c(=O)c([2H])c(SCc3cccc(F)c3F)n(C([2H])([2H])C(=O)N(C3CCN(CC([2H])([2H])OC([2H])([2H])[2H])CC3)C([2H])([2H])c3ccc(-c4ccc(C(F)(F)F)cc4)cc3)c2c1[2H]. The van der Waals surface area contributed by atoms with Gasteiger partial charge in [0, 0.05) is 62.0 Å². The van der Waals surface area contributed by atoms with Crippen molar-refractivity contribution in [3.05, 3.63) is 135 Å². The standard InChI is InChI=1S/C41H40F5N3O3S/c1-27-6-15-36-34(22-27)37(50)23-39(53-26-31-4-3-5-35(42)40(31)43)49(36)25-38(51)48(33-16-18-47(19-17-33)20-21-52-2)24-28-7-9-29(10-8-28)30-11-13-32(14-12-30)41(44,45)46/h3-15,22-23,33H,16-21,24-26H2,1-2H3/i2D3,6D,15D,21D2,22D,23D,24D2,25D2. The van der Waals surface area contributed by atoms with Gasteiger partial charge in [0.1, 0.15) is 6.50 Å². The Kier molecular flexibility index (Phi) is 7.77. The van der Waals surface area contributed by atoms with E-state index in [4.69, 9.17) is 12.3 Å². The molecule has 0 atom stereocenters. The van der Waals surface area contributed by atoms with Crippen LogP contribution < -0.4 is 5.43 Å². The van der Waals surface area contributed by atoms with Crippen LogP contribution in [0, 0.1) is 18.6 Å². The number of hydrogen-bond acceptors (Lipinski definition) is 5. The number of carbonyl (C=O) groups is 1. The first-order valence-corrected chi connectivity index (χ1v) is 17.2. The van der Waals surface area contributed by atoms with Gasteiger partial charge in [-0.05, 0) is 66.7 Å². The number of halogens is 5. The molecule has 0 spiro atoms. The molecule has 5 aromatic rings. The van der Waals surface area contributed by atoms with Gasteiger partial charge in [-0.15, -0.1) is 11.8 Å². The summed E-state index contributed by atoms with van der Waals surface area (Å²) in [6, 6.07) is 8.09. The van der Waals surface area contributed by atoms with Crippen molar-refractivity contribution in [2.75, 3.05) is 33.2 Å². The Labute approximate surface area is 327 Å². The van der Waals surface area contributed by atoms with Crippen LogP contribution in [0.15, 0.2) is 101 Å². The van der Waals surface area contributed by atoms with Crippen LogP contribution in [0.3, 0.4) is 0 Å². The Morgan fingerprint density at radius 1 is 1.02 bits per heavy atom. The highest BCUT2D eigenvalue weighted by molar-refractivity contribution is 7.98. The number of amides is 1. The summed E-state index contributed by atoms with van der Waals surface area (Å²) in [6.07, 6.45) is -4.97. The van der Waals surface area contributed by atoms with Gasteiger partial charge in [-0.3, -0.25) is 9.59 Å². The minimum absolute atomic E-state index is 0.108. The third-order valence-electron chi connectivity index (χ3n) is 8.58. The van der Waals surface area contributed by atoms with E-state index in [0.29, 0.717) is 32.4 Å². The number of hydrogen-bond donors (Lipinski definition) is 0. The van der Waals surface area contributed by atoms with Crippen LogP contribution in [-0.4, -0.2) is 59.5 Å². The van der Waals surface area contributed by atoms with Gasteiger partial charge in [0.25, 0.3) is 0 Å². The zero-order valence-electron chi connectivity index (χ0n) is 41.0. The molecule has 1 aliphatic rings. The molecule has 1 aromatic heterocycles. The zero-order chi connectivity index (χ0) is 49.1. The summed E-state index contributed by atoms with van der Waals surface area (Å²) in [5.74, 6) is -4.80. The van der Waals surface area contributed by atoms with E-state index in [1.807, 2.05) is 0 Å². The second-order valence-corrected chi connectivity index (χ2v) is 13.1. The quantitative estimate of drug-likeness (QED) is 0.0941. The van der Waals surface area contributed by atoms with Gasteiger partial charge in [-0.1, -0.05) is 60.1 Å². The Balaban J connectivity index is 1.50. The monoisotopic (exact) mass is 762 g/mol. The fraction of sp³-hybridized carbons (Fsp3) is 0.317. The average molecular weight is 763 g/mol. The third kappa shape index (κ3) is 9.17. The van der Waals surface area contributed by atoms with Crippen molar-refractivity contribution in [1.82, 2.24) is 14.4 Å². The average Bonchev–Trinajstić information content (AvgIpc) is 3.23. The summed E-state index contributed by atoms with van der Waals surface area (Å²) in [4.78, 5) is 31.2. The molecule has 2 heterocycles. The van der Waals surface area contributed by atoms with Crippen LogP contribution in [-0.2, 0) is 34.5 Å². The smallest absolute Gasteiger partial charge is 0.383 e. The maximum absolute atomic E-state index is 15.3. The maximum Gasteiger partial charge on any atom is 0.416 e. The number of alkyl halides is 3. The van der Waals surface area contributed by atoms with E-state index in [1.54, 1.807) is 0 Å². The fourth-order valence-electron chi connectivity index (χ4n) is 5.80. The predicted octanol–water partition coefficient (Wildman–Crippen LogP) is 8.71. The number of ether oxygens (including phenoxy) is 1. The summed E-state index contributed by atoms with van der Waals surface area (Å²) in [5, 5.41) is -1.43. The lowest BCUT2D eigenvalue weighted by atomic mass is 10.00. The van der Waals surface area contributed by atoms with E-state index < -0.39 is 120 Å². The van der Waals surface area contributed by atoms with E-state index in [2.05, 4.69) is 4.74 Å². The lowest BCUT2D eigenvalue weighted by molar-refractivity contribution is -0.137. The van der Waals surface area contributed by atoms with E-state index in [9.17, 15) is 32.2 Å². The van der Waals surface area contributed by atoms with Crippen LogP contribution in [0.5, 0.6) is 0 Å². The molecule has 1 amide bonds. The molecule has 6 nitrogen and oxygen atoms in total. The first-order chi connectivity index (χ1) is 30.5. The molecular formula is C41H40F5N3O3S. The van der Waals surface area contributed by atoms with Crippen molar-refractivity contribution in [2.45, 2.75) is 55.8 Å². The van der Waals surface area contributed by atoms with Crippen molar-refractivity contribution in [2.24, 2.45) is 0 Å². The molecule has 0 bridgehead atoms. The number of fused-ring (bicyclic) bond motifs is 1. The minimum atomic E-state index is -4.61. The van der Waals surface area contributed by atoms with Gasteiger partial charge in [-0.2, -0.15) is 13.2 Å². The van der Waals surface area contributed by atoms with Gasteiger partial charge in [0.15, 0.2) is 17.1 Å². The van der Waals surface area contributed by atoms with Gasteiger partial charge in [-0.25, -0.2) is 8.78 Å². The number of thioether (sulfide) groups is 1. The van der Waals surface area contributed by atoms with Gasteiger partial charge >= 0.3 is 6.18 Å². The van der Waals surface area contributed by atoms with Crippen LogP contribution in [0.2, 0.25) is 0 Å². The summed E-state index contributed by atoms with van der Waals surface area (Å²) in [6.45, 7) is -8.82. The van der Waals surface area contributed by atoms with E-state index in [0.717, 1.165) is 18.2 Å².